The van der Waals surface area contributed by atoms with E-state index in [9.17, 15) is 0 Å². The van der Waals surface area contributed by atoms with Crippen LogP contribution in [0, 0.1) is 27.7 Å². The first-order chi connectivity index (χ1) is 8.04. The van der Waals surface area contributed by atoms with Crippen molar-refractivity contribution in [1.82, 2.24) is 0 Å². The summed E-state index contributed by atoms with van der Waals surface area (Å²) in [6, 6.07) is 12.4. The van der Waals surface area contributed by atoms with Gasteiger partial charge >= 0.3 is 0 Å². The zero-order chi connectivity index (χ0) is 12.4. The molecule has 2 aromatic carbocycles. The van der Waals surface area contributed by atoms with E-state index in [1.807, 2.05) is 6.07 Å². The molecule has 1 nitrogen and oxygen atoms in total. The van der Waals surface area contributed by atoms with Gasteiger partial charge in [0.2, 0.25) is 0 Å². The summed E-state index contributed by atoms with van der Waals surface area (Å²) in [4.78, 5) is 0. The average Bonchev–Trinajstić information content (AvgIpc) is 2.22. The molecule has 88 valence electrons. The van der Waals surface area contributed by atoms with Gasteiger partial charge < -0.3 is 4.74 Å². The Hall–Kier alpha value is -1.76. The molecule has 0 radical (unpaired) electrons. The molecule has 0 heterocycles. The molecular formula is C16H18O. The maximum Gasteiger partial charge on any atom is 0.127 e. The van der Waals surface area contributed by atoms with Gasteiger partial charge in [-0.05, 0) is 74.2 Å². The molecule has 0 spiro atoms. The zero-order valence-electron chi connectivity index (χ0n) is 10.9. The van der Waals surface area contributed by atoms with E-state index in [0.717, 1.165) is 11.5 Å². The van der Waals surface area contributed by atoms with Gasteiger partial charge in [-0.3, -0.25) is 0 Å². The van der Waals surface area contributed by atoms with Crippen LogP contribution < -0.4 is 4.74 Å². The fraction of sp³-hybridized carbons (Fsp3) is 0.250. The second kappa shape index (κ2) is 4.62. The molecule has 1 heteroatoms. The molecule has 0 aliphatic carbocycles. The van der Waals surface area contributed by atoms with E-state index in [-0.39, 0.29) is 0 Å². The van der Waals surface area contributed by atoms with Crippen LogP contribution in [0.5, 0.6) is 11.5 Å². The second-order valence-corrected chi connectivity index (χ2v) is 4.67. The van der Waals surface area contributed by atoms with Crippen molar-refractivity contribution in [2.75, 3.05) is 0 Å². The highest BCUT2D eigenvalue weighted by Gasteiger charge is 2.01. The predicted molar refractivity (Wildman–Crippen MR) is 71.9 cm³/mol. The number of rotatable bonds is 2. The van der Waals surface area contributed by atoms with Crippen LogP contribution in [0.3, 0.4) is 0 Å². The van der Waals surface area contributed by atoms with Gasteiger partial charge in [-0.25, -0.2) is 0 Å². The van der Waals surface area contributed by atoms with E-state index in [1.165, 1.54) is 22.3 Å². The van der Waals surface area contributed by atoms with Crippen LogP contribution in [0.4, 0.5) is 0 Å². The van der Waals surface area contributed by atoms with Crippen LogP contribution >= 0.6 is 0 Å². The summed E-state index contributed by atoms with van der Waals surface area (Å²) in [7, 11) is 0. The minimum absolute atomic E-state index is 0.901. The van der Waals surface area contributed by atoms with Crippen molar-refractivity contribution in [3.05, 3.63) is 58.7 Å². The summed E-state index contributed by atoms with van der Waals surface area (Å²) in [5, 5.41) is 0. The standard InChI is InChI=1S/C16H18O/c1-11-7-12(2)9-16(8-11)17-15-6-5-13(3)14(4)10-15/h5-10H,1-4H3. The van der Waals surface area contributed by atoms with Crippen molar-refractivity contribution < 1.29 is 4.74 Å². The predicted octanol–water partition coefficient (Wildman–Crippen LogP) is 4.71. The van der Waals surface area contributed by atoms with Gasteiger partial charge in [-0.1, -0.05) is 12.1 Å². The smallest absolute Gasteiger partial charge is 0.127 e. The molecule has 0 saturated heterocycles. The summed E-state index contributed by atoms with van der Waals surface area (Å²) in [5.74, 6) is 1.81. The normalized spacial score (nSPS) is 10.4. The molecule has 0 aliphatic heterocycles. The molecule has 2 aromatic rings. The van der Waals surface area contributed by atoms with E-state index >= 15 is 0 Å². The fourth-order valence-electron chi connectivity index (χ4n) is 1.91. The van der Waals surface area contributed by atoms with E-state index in [0.29, 0.717) is 0 Å². The molecule has 0 unspecified atom stereocenters. The quantitative estimate of drug-likeness (QED) is 0.720. The van der Waals surface area contributed by atoms with Crippen LogP contribution in [0.15, 0.2) is 36.4 Å². The van der Waals surface area contributed by atoms with Gasteiger partial charge in [0.25, 0.3) is 0 Å². The lowest BCUT2D eigenvalue weighted by molar-refractivity contribution is 0.481. The Morgan fingerprint density at radius 1 is 0.647 bits per heavy atom. The van der Waals surface area contributed by atoms with Crippen molar-refractivity contribution in [3.8, 4) is 11.5 Å². The summed E-state index contributed by atoms with van der Waals surface area (Å²) in [6.45, 7) is 8.38. The third kappa shape index (κ3) is 2.88. The third-order valence-electron chi connectivity index (χ3n) is 2.91. The Balaban J connectivity index is 2.28. The first kappa shape index (κ1) is 11.7. The average molecular weight is 226 g/mol. The van der Waals surface area contributed by atoms with Gasteiger partial charge in [-0.2, -0.15) is 0 Å². The van der Waals surface area contributed by atoms with Crippen molar-refractivity contribution in [3.63, 3.8) is 0 Å². The van der Waals surface area contributed by atoms with E-state index in [2.05, 4.69) is 58.0 Å². The Kier molecular flexibility index (Phi) is 3.19. The first-order valence-electron chi connectivity index (χ1n) is 5.88. The van der Waals surface area contributed by atoms with Crippen molar-refractivity contribution in [2.45, 2.75) is 27.7 Å². The molecule has 0 N–H and O–H groups in total. The summed E-state index contributed by atoms with van der Waals surface area (Å²) in [5.41, 5.74) is 5.00. The van der Waals surface area contributed by atoms with Gasteiger partial charge in [0.1, 0.15) is 11.5 Å². The Bertz CT molecular complexity index is 521. The minimum atomic E-state index is 0.901. The molecule has 17 heavy (non-hydrogen) atoms. The Labute approximate surface area is 103 Å². The number of hydrogen-bond acceptors (Lipinski definition) is 1. The second-order valence-electron chi connectivity index (χ2n) is 4.67. The lowest BCUT2D eigenvalue weighted by Crippen LogP contribution is -1.88. The summed E-state index contributed by atoms with van der Waals surface area (Å²) >= 11 is 0. The maximum atomic E-state index is 5.88. The van der Waals surface area contributed by atoms with Crippen molar-refractivity contribution in [2.24, 2.45) is 0 Å². The topological polar surface area (TPSA) is 9.23 Å². The molecule has 0 fully saturated rings. The van der Waals surface area contributed by atoms with Crippen LogP contribution in [0.2, 0.25) is 0 Å². The summed E-state index contributed by atoms with van der Waals surface area (Å²) in [6.07, 6.45) is 0. The number of ether oxygens (including phenoxy) is 1. The largest absolute Gasteiger partial charge is 0.457 e. The van der Waals surface area contributed by atoms with Crippen LogP contribution in [0.1, 0.15) is 22.3 Å². The van der Waals surface area contributed by atoms with Crippen LogP contribution in [-0.2, 0) is 0 Å². The minimum Gasteiger partial charge on any atom is -0.457 e. The fourth-order valence-corrected chi connectivity index (χ4v) is 1.91. The van der Waals surface area contributed by atoms with Crippen molar-refractivity contribution >= 4 is 0 Å². The SMILES string of the molecule is Cc1cc(C)cc(Oc2ccc(C)c(C)c2)c1. The molecule has 0 aromatic heterocycles. The van der Waals surface area contributed by atoms with E-state index in [1.54, 1.807) is 0 Å². The van der Waals surface area contributed by atoms with Crippen molar-refractivity contribution in [1.29, 1.82) is 0 Å². The lowest BCUT2D eigenvalue weighted by atomic mass is 10.1. The van der Waals surface area contributed by atoms with E-state index < -0.39 is 0 Å². The number of benzene rings is 2. The molecule has 0 bridgehead atoms. The molecule has 0 atom stereocenters. The van der Waals surface area contributed by atoms with Gasteiger partial charge in [0.15, 0.2) is 0 Å². The summed E-state index contributed by atoms with van der Waals surface area (Å²) < 4.78 is 5.88. The highest BCUT2D eigenvalue weighted by atomic mass is 16.5. The number of aryl methyl sites for hydroxylation is 4. The monoisotopic (exact) mass is 226 g/mol. The van der Waals surface area contributed by atoms with Gasteiger partial charge in [0.05, 0.1) is 0 Å². The van der Waals surface area contributed by atoms with Crippen LogP contribution in [-0.4, -0.2) is 0 Å². The van der Waals surface area contributed by atoms with Gasteiger partial charge in [-0.15, -0.1) is 0 Å². The molecule has 0 aliphatic rings. The molecule has 2 rings (SSSR count). The first-order valence-corrected chi connectivity index (χ1v) is 5.88. The molecule has 0 amide bonds. The molecule has 0 saturated carbocycles. The Morgan fingerprint density at radius 2 is 1.29 bits per heavy atom. The molecular weight excluding hydrogens is 208 g/mol. The van der Waals surface area contributed by atoms with Gasteiger partial charge in [0, 0.05) is 0 Å². The highest BCUT2D eigenvalue weighted by molar-refractivity contribution is 5.39. The number of hydrogen-bond donors (Lipinski definition) is 0. The van der Waals surface area contributed by atoms with E-state index in [4.69, 9.17) is 4.74 Å². The highest BCUT2D eigenvalue weighted by Crippen LogP contribution is 2.25. The maximum absolute atomic E-state index is 5.88. The zero-order valence-corrected chi connectivity index (χ0v) is 10.9. The lowest BCUT2D eigenvalue weighted by Gasteiger charge is -2.09. The van der Waals surface area contributed by atoms with Crippen LogP contribution in [0.25, 0.3) is 0 Å². The third-order valence-corrected chi connectivity index (χ3v) is 2.91. The Morgan fingerprint density at radius 3 is 1.88 bits per heavy atom.